The van der Waals surface area contributed by atoms with Gasteiger partial charge in [0.2, 0.25) is 0 Å². The van der Waals surface area contributed by atoms with Crippen molar-refractivity contribution >= 4 is 33.1 Å². The third-order valence-corrected chi connectivity index (χ3v) is 5.89. The first-order valence-corrected chi connectivity index (χ1v) is 9.84. The summed E-state index contributed by atoms with van der Waals surface area (Å²) in [5.41, 5.74) is 1.99. The SMILES string of the molecule is CC(C)N(C(=O)C[NH+](C)[C@H](C)c1nc2ccccc2s1)c1ccccc1. The fraction of sp³-hybridized carbons (Fsp3) is 0.333. The Morgan fingerprint density at radius 2 is 1.73 bits per heavy atom. The van der Waals surface area contributed by atoms with Crippen molar-refractivity contribution in [1.82, 2.24) is 4.98 Å². The Morgan fingerprint density at radius 3 is 2.38 bits per heavy atom. The molecule has 0 radical (unpaired) electrons. The van der Waals surface area contributed by atoms with Gasteiger partial charge in [-0.2, -0.15) is 0 Å². The number of benzene rings is 2. The molecule has 0 aliphatic rings. The van der Waals surface area contributed by atoms with Gasteiger partial charge >= 0.3 is 0 Å². The summed E-state index contributed by atoms with van der Waals surface area (Å²) in [4.78, 5) is 20.8. The van der Waals surface area contributed by atoms with E-state index >= 15 is 0 Å². The minimum atomic E-state index is 0.121. The number of carbonyl (C=O) groups excluding carboxylic acids is 1. The van der Waals surface area contributed by atoms with Crippen LogP contribution in [0.4, 0.5) is 5.69 Å². The van der Waals surface area contributed by atoms with Crippen molar-refractivity contribution in [3.63, 3.8) is 0 Å². The monoisotopic (exact) mass is 368 g/mol. The van der Waals surface area contributed by atoms with E-state index in [1.807, 2.05) is 53.4 Å². The number of nitrogens with zero attached hydrogens (tertiary/aromatic N) is 2. The molecule has 0 spiro atoms. The van der Waals surface area contributed by atoms with Crippen LogP contribution < -0.4 is 9.80 Å². The van der Waals surface area contributed by atoms with Crippen LogP contribution in [0.15, 0.2) is 54.6 Å². The second-order valence-electron chi connectivity index (χ2n) is 6.96. The molecule has 0 saturated heterocycles. The van der Waals surface area contributed by atoms with Crippen LogP contribution in [-0.2, 0) is 4.79 Å². The van der Waals surface area contributed by atoms with Crippen molar-refractivity contribution in [3.8, 4) is 0 Å². The number of thiazole rings is 1. The van der Waals surface area contributed by atoms with Crippen LogP contribution in [0.3, 0.4) is 0 Å². The van der Waals surface area contributed by atoms with Crippen molar-refractivity contribution in [2.75, 3.05) is 18.5 Å². The van der Waals surface area contributed by atoms with Crippen LogP contribution in [-0.4, -0.2) is 30.5 Å². The molecule has 2 atom stereocenters. The van der Waals surface area contributed by atoms with Crippen molar-refractivity contribution < 1.29 is 9.69 Å². The van der Waals surface area contributed by atoms with Gasteiger partial charge in [0.1, 0.15) is 6.04 Å². The lowest BCUT2D eigenvalue weighted by atomic mass is 10.2. The highest BCUT2D eigenvalue weighted by atomic mass is 32.1. The standard InChI is InChI=1S/C21H25N3OS/c1-15(2)24(17-10-6-5-7-11-17)20(25)14-23(4)16(3)21-22-18-12-8-9-13-19(18)26-21/h5-13,15-16H,14H2,1-4H3/p+1/t16-/m1/s1. The van der Waals surface area contributed by atoms with Crippen LogP contribution in [0.25, 0.3) is 10.2 Å². The molecule has 2 aromatic carbocycles. The normalized spacial score (nSPS) is 13.7. The Morgan fingerprint density at radius 1 is 1.08 bits per heavy atom. The molecule has 1 amide bonds. The zero-order valence-corrected chi connectivity index (χ0v) is 16.6. The lowest BCUT2D eigenvalue weighted by Crippen LogP contribution is -3.10. The van der Waals surface area contributed by atoms with E-state index in [-0.39, 0.29) is 18.0 Å². The number of amides is 1. The number of nitrogens with one attached hydrogen (secondary N) is 1. The van der Waals surface area contributed by atoms with Gasteiger partial charge in [0, 0.05) is 11.7 Å². The van der Waals surface area contributed by atoms with Crippen LogP contribution in [0, 0.1) is 0 Å². The molecule has 0 aliphatic heterocycles. The number of fused-ring (bicyclic) bond motifs is 1. The molecule has 1 heterocycles. The first kappa shape index (κ1) is 18.5. The van der Waals surface area contributed by atoms with Gasteiger partial charge in [-0.3, -0.25) is 4.79 Å². The zero-order chi connectivity index (χ0) is 18.7. The lowest BCUT2D eigenvalue weighted by molar-refractivity contribution is -0.902. The minimum Gasteiger partial charge on any atom is -0.322 e. The van der Waals surface area contributed by atoms with E-state index in [4.69, 9.17) is 4.98 Å². The second-order valence-corrected chi connectivity index (χ2v) is 8.02. The molecule has 5 heteroatoms. The molecule has 26 heavy (non-hydrogen) atoms. The number of quaternary nitrogens is 1. The minimum absolute atomic E-state index is 0.121. The summed E-state index contributed by atoms with van der Waals surface area (Å²) in [5, 5.41) is 1.08. The lowest BCUT2D eigenvalue weighted by Gasteiger charge is -2.29. The molecule has 3 rings (SSSR count). The summed E-state index contributed by atoms with van der Waals surface area (Å²) in [6, 6.07) is 18.4. The van der Waals surface area contributed by atoms with Gasteiger partial charge in [0.05, 0.1) is 17.3 Å². The van der Waals surface area contributed by atoms with E-state index in [0.29, 0.717) is 6.54 Å². The third-order valence-electron chi connectivity index (χ3n) is 4.67. The molecule has 0 aliphatic carbocycles. The molecule has 0 fully saturated rings. The van der Waals surface area contributed by atoms with Gasteiger partial charge < -0.3 is 9.80 Å². The van der Waals surface area contributed by atoms with Gasteiger partial charge in [-0.15, -0.1) is 11.3 Å². The van der Waals surface area contributed by atoms with Crippen LogP contribution in [0.2, 0.25) is 0 Å². The van der Waals surface area contributed by atoms with Crippen molar-refractivity contribution in [2.24, 2.45) is 0 Å². The van der Waals surface area contributed by atoms with E-state index in [1.165, 1.54) is 4.70 Å². The highest BCUT2D eigenvalue weighted by Gasteiger charge is 2.26. The van der Waals surface area contributed by atoms with Gasteiger partial charge in [-0.05, 0) is 45.0 Å². The van der Waals surface area contributed by atoms with Gasteiger partial charge in [-0.25, -0.2) is 4.98 Å². The summed E-state index contributed by atoms with van der Waals surface area (Å²) in [5.74, 6) is 0.136. The van der Waals surface area contributed by atoms with Crippen molar-refractivity contribution in [2.45, 2.75) is 32.9 Å². The Kier molecular flexibility index (Phi) is 5.69. The fourth-order valence-corrected chi connectivity index (χ4v) is 4.19. The molecule has 136 valence electrons. The Balaban J connectivity index is 1.74. The maximum Gasteiger partial charge on any atom is 0.282 e. The Bertz CT molecular complexity index is 842. The number of aromatic nitrogens is 1. The Hall–Kier alpha value is -2.24. The van der Waals surface area contributed by atoms with Crippen LogP contribution in [0.5, 0.6) is 0 Å². The molecular formula is C21H26N3OS+. The quantitative estimate of drug-likeness (QED) is 0.725. The average Bonchev–Trinajstić information content (AvgIpc) is 3.05. The fourth-order valence-electron chi connectivity index (χ4n) is 3.08. The number of hydrogen-bond donors (Lipinski definition) is 1. The largest absolute Gasteiger partial charge is 0.322 e. The van der Waals surface area contributed by atoms with E-state index in [9.17, 15) is 4.79 Å². The highest BCUT2D eigenvalue weighted by Crippen LogP contribution is 2.24. The summed E-state index contributed by atoms with van der Waals surface area (Å²) in [6.45, 7) is 6.68. The first-order chi connectivity index (χ1) is 12.5. The maximum atomic E-state index is 13.0. The molecule has 4 nitrogen and oxygen atoms in total. The third kappa shape index (κ3) is 3.94. The zero-order valence-electron chi connectivity index (χ0n) is 15.8. The molecule has 0 bridgehead atoms. The Labute approximate surface area is 159 Å². The highest BCUT2D eigenvalue weighted by molar-refractivity contribution is 7.18. The average molecular weight is 369 g/mol. The van der Waals surface area contributed by atoms with Gasteiger partial charge in [-0.1, -0.05) is 30.3 Å². The van der Waals surface area contributed by atoms with Crippen molar-refractivity contribution in [1.29, 1.82) is 0 Å². The molecule has 1 unspecified atom stereocenters. The van der Waals surface area contributed by atoms with E-state index in [2.05, 4.69) is 33.9 Å². The number of hydrogen-bond acceptors (Lipinski definition) is 3. The topological polar surface area (TPSA) is 37.6 Å². The van der Waals surface area contributed by atoms with E-state index in [1.54, 1.807) is 11.3 Å². The second kappa shape index (κ2) is 7.98. The van der Waals surface area contributed by atoms with Gasteiger partial charge in [0.15, 0.2) is 11.6 Å². The smallest absolute Gasteiger partial charge is 0.282 e. The van der Waals surface area contributed by atoms with Gasteiger partial charge in [0.25, 0.3) is 5.91 Å². The van der Waals surface area contributed by atoms with E-state index in [0.717, 1.165) is 21.1 Å². The molecule has 1 N–H and O–H groups in total. The summed E-state index contributed by atoms with van der Waals surface area (Å²) < 4.78 is 1.20. The number of para-hydroxylation sites is 2. The first-order valence-electron chi connectivity index (χ1n) is 9.02. The molecule has 0 saturated carbocycles. The molecular weight excluding hydrogens is 342 g/mol. The number of rotatable bonds is 6. The van der Waals surface area contributed by atoms with Crippen molar-refractivity contribution in [3.05, 3.63) is 59.6 Å². The van der Waals surface area contributed by atoms with E-state index < -0.39 is 0 Å². The molecule has 3 aromatic rings. The van der Waals surface area contributed by atoms with Crippen LogP contribution >= 0.6 is 11.3 Å². The number of carbonyl (C=O) groups is 1. The molecule has 1 aromatic heterocycles. The maximum absolute atomic E-state index is 13.0. The number of likely N-dealkylation sites (N-methyl/N-ethyl adjacent to an activating group) is 1. The summed E-state index contributed by atoms with van der Waals surface area (Å²) in [6.07, 6.45) is 0. The summed E-state index contributed by atoms with van der Waals surface area (Å²) >= 11 is 1.72. The predicted octanol–water partition coefficient (Wildman–Crippen LogP) is 3.31. The number of anilines is 1. The summed E-state index contributed by atoms with van der Waals surface area (Å²) in [7, 11) is 2.07. The van der Waals surface area contributed by atoms with Crippen LogP contribution in [0.1, 0.15) is 31.8 Å². The predicted molar refractivity (Wildman–Crippen MR) is 109 cm³/mol.